The number of pyridine rings is 1. The molecule has 31 heavy (non-hydrogen) atoms. The molecule has 1 aromatic heterocycles. The Balaban J connectivity index is 1.51. The first-order valence-electron chi connectivity index (χ1n) is 10.1. The van der Waals surface area contributed by atoms with Crippen LogP contribution in [0.5, 0.6) is 0 Å². The average molecular weight is 415 g/mol. The molecule has 0 aliphatic rings. The van der Waals surface area contributed by atoms with Crippen molar-refractivity contribution in [3.63, 3.8) is 0 Å². The summed E-state index contributed by atoms with van der Waals surface area (Å²) >= 11 is 0. The Morgan fingerprint density at radius 1 is 0.742 bits per heavy atom. The van der Waals surface area contributed by atoms with Crippen LogP contribution in [-0.4, -0.2) is 4.98 Å². The summed E-state index contributed by atoms with van der Waals surface area (Å²) in [6.45, 7) is 2.06. The first-order valence-corrected chi connectivity index (χ1v) is 10.1. The number of nitrogens with zero attached hydrogens (tertiary/aromatic N) is 1. The third-order valence-electron chi connectivity index (χ3n) is 5.20. The Morgan fingerprint density at radius 3 is 2.19 bits per heavy atom. The van der Waals surface area contributed by atoms with E-state index in [0.29, 0.717) is 24.0 Å². The van der Waals surface area contributed by atoms with Gasteiger partial charge in [-0.05, 0) is 83.6 Å². The highest BCUT2D eigenvalue weighted by atomic mass is 19.1. The predicted molar refractivity (Wildman–Crippen MR) is 117 cm³/mol. The minimum atomic E-state index is -0.681. The molecule has 0 saturated carbocycles. The second-order valence-electron chi connectivity index (χ2n) is 7.40. The average Bonchev–Trinajstić information content (AvgIpc) is 2.77. The summed E-state index contributed by atoms with van der Waals surface area (Å²) in [5.74, 6) is 3.73. The summed E-state index contributed by atoms with van der Waals surface area (Å²) in [7, 11) is 0. The smallest absolute Gasteiger partial charge is 0.142 e. The van der Waals surface area contributed by atoms with Gasteiger partial charge in [0.15, 0.2) is 0 Å². The first-order chi connectivity index (χ1) is 15.0. The molecule has 0 aliphatic carbocycles. The molecule has 0 unspecified atom stereocenters. The van der Waals surface area contributed by atoms with Crippen LogP contribution >= 0.6 is 0 Å². The van der Waals surface area contributed by atoms with Crippen LogP contribution in [0.1, 0.15) is 34.9 Å². The van der Waals surface area contributed by atoms with E-state index in [4.69, 9.17) is 0 Å². The molecule has 4 aromatic rings. The highest BCUT2D eigenvalue weighted by Gasteiger charge is 2.10. The van der Waals surface area contributed by atoms with Gasteiger partial charge in [0.1, 0.15) is 17.5 Å². The molecule has 3 aromatic carbocycles. The number of benzene rings is 3. The fraction of sp³-hybridized carbons (Fsp3) is 0.148. The molecular weight excluding hydrogens is 395 g/mol. The van der Waals surface area contributed by atoms with Gasteiger partial charge in [-0.3, -0.25) is 4.98 Å². The minimum absolute atomic E-state index is 0.256. The van der Waals surface area contributed by atoms with Crippen LogP contribution in [0.2, 0.25) is 0 Å². The molecule has 4 heteroatoms. The molecule has 4 rings (SSSR count). The topological polar surface area (TPSA) is 12.9 Å². The molecule has 0 spiro atoms. The van der Waals surface area contributed by atoms with Crippen molar-refractivity contribution >= 4 is 10.8 Å². The van der Waals surface area contributed by atoms with Gasteiger partial charge in [-0.25, -0.2) is 13.2 Å². The molecule has 1 heterocycles. The maximum absolute atomic E-state index is 14.5. The predicted octanol–water partition coefficient (Wildman–Crippen LogP) is 6.40. The van der Waals surface area contributed by atoms with Crippen LogP contribution in [0, 0.1) is 29.3 Å². The van der Waals surface area contributed by atoms with Crippen molar-refractivity contribution < 1.29 is 13.2 Å². The number of halogens is 3. The van der Waals surface area contributed by atoms with Crippen LogP contribution in [0.15, 0.2) is 66.9 Å². The van der Waals surface area contributed by atoms with Crippen LogP contribution in [0.4, 0.5) is 13.2 Å². The van der Waals surface area contributed by atoms with E-state index >= 15 is 0 Å². The second-order valence-corrected chi connectivity index (χ2v) is 7.40. The molecule has 0 radical (unpaired) electrons. The van der Waals surface area contributed by atoms with Crippen molar-refractivity contribution in [1.82, 2.24) is 4.98 Å². The van der Waals surface area contributed by atoms with E-state index in [1.807, 2.05) is 18.3 Å². The molecule has 0 saturated heterocycles. The van der Waals surface area contributed by atoms with Gasteiger partial charge >= 0.3 is 0 Å². The Bertz CT molecular complexity index is 1270. The zero-order valence-corrected chi connectivity index (χ0v) is 17.1. The third kappa shape index (κ3) is 4.95. The van der Waals surface area contributed by atoms with Crippen molar-refractivity contribution in [2.75, 3.05) is 0 Å². The lowest BCUT2D eigenvalue weighted by Crippen LogP contribution is -1.99. The Labute approximate surface area is 179 Å². The highest BCUT2D eigenvalue weighted by molar-refractivity contribution is 5.84. The standard InChI is InChI=1S/C27H20F3N/c1-2-18-4-10-24(31-17-18)11-5-20-14-26(29)25(27(30)15-20)12-6-19-3-7-22-16-23(28)9-8-21(22)13-19/h3-4,7-10,13-17H,2,5,11H2,1H3. The van der Waals surface area contributed by atoms with E-state index in [-0.39, 0.29) is 11.4 Å². The monoisotopic (exact) mass is 415 g/mol. The quantitative estimate of drug-likeness (QED) is 0.352. The number of aryl methyl sites for hydroxylation is 3. The fourth-order valence-corrected chi connectivity index (χ4v) is 3.40. The zero-order valence-electron chi connectivity index (χ0n) is 17.1. The number of hydrogen-bond donors (Lipinski definition) is 0. The van der Waals surface area contributed by atoms with Gasteiger partial charge in [-0.1, -0.05) is 37.0 Å². The normalized spacial score (nSPS) is 10.7. The maximum atomic E-state index is 14.5. The minimum Gasteiger partial charge on any atom is -0.261 e. The molecule has 1 nitrogen and oxygen atoms in total. The fourth-order valence-electron chi connectivity index (χ4n) is 3.40. The Hall–Kier alpha value is -3.58. The number of fused-ring (bicyclic) bond motifs is 1. The van der Waals surface area contributed by atoms with Crippen molar-refractivity contribution in [1.29, 1.82) is 0 Å². The molecule has 0 N–H and O–H groups in total. The van der Waals surface area contributed by atoms with Gasteiger partial charge in [0.25, 0.3) is 0 Å². The van der Waals surface area contributed by atoms with Crippen LogP contribution in [-0.2, 0) is 19.3 Å². The number of hydrogen-bond acceptors (Lipinski definition) is 1. The van der Waals surface area contributed by atoms with Crippen LogP contribution < -0.4 is 0 Å². The largest absolute Gasteiger partial charge is 0.261 e. The first kappa shape index (κ1) is 20.7. The van der Waals surface area contributed by atoms with Gasteiger partial charge in [0.05, 0.1) is 5.56 Å². The summed E-state index contributed by atoms with van der Waals surface area (Å²) in [6.07, 6.45) is 3.84. The van der Waals surface area contributed by atoms with E-state index in [1.54, 1.807) is 24.3 Å². The van der Waals surface area contributed by atoms with Crippen LogP contribution in [0.3, 0.4) is 0 Å². The van der Waals surface area contributed by atoms with E-state index in [2.05, 4.69) is 23.7 Å². The maximum Gasteiger partial charge on any atom is 0.142 e. The van der Waals surface area contributed by atoms with E-state index in [0.717, 1.165) is 28.5 Å². The molecule has 0 atom stereocenters. The lowest BCUT2D eigenvalue weighted by molar-refractivity contribution is 0.573. The Morgan fingerprint density at radius 2 is 1.48 bits per heavy atom. The van der Waals surface area contributed by atoms with Gasteiger partial charge < -0.3 is 0 Å². The van der Waals surface area contributed by atoms with Crippen molar-refractivity contribution in [2.24, 2.45) is 0 Å². The summed E-state index contributed by atoms with van der Waals surface area (Å²) in [6, 6.07) is 16.3. The second kappa shape index (κ2) is 9.06. The molecule has 0 fully saturated rings. The van der Waals surface area contributed by atoms with Crippen molar-refractivity contribution in [3.8, 4) is 11.8 Å². The van der Waals surface area contributed by atoms with E-state index < -0.39 is 11.6 Å². The molecule has 0 aliphatic heterocycles. The van der Waals surface area contributed by atoms with Crippen molar-refractivity contribution in [3.05, 3.63) is 112 Å². The SMILES string of the molecule is CCc1ccc(CCc2cc(F)c(C#Cc3ccc4cc(F)ccc4c3)c(F)c2)nc1. The molecule has 0 amide bonds. The summed E-state index contributed by atoms with van der Waals surface area (Å²) in [5, 5.41) is 1.55. The molecule has 154 valence electrons. The van der Waals surface area contributed by atoms with Crippen LogP contribution in [0.25, 0.3) is 10.8 Å². The molecular formula is C27H20F3N. The number of aromatic nitrogens is 1. The summed E-state index contributed by atoms with van der Waals surface area (Å²) in [5.41, 5.74) is 2.95. The Kier molecular flexibility index (Phi) is 6.04. The van der Waals surface area contributed by atoms with Gasteiger partial charge in [-0.15, -0.1) is 0 Å². The van der Waals surface area contributed by atoms with E-state index in [1.165, 1.54) is 24.3 Å². The third-order valence-corrected chi connectivity index (χ3v) is 5.20. The lowest BCUT2D eigenvalue weighted by atomic mass is 10.0. The van der Waals surface area contributed by atoms with Crippen molar-refractivity contribution in [2.45, 2.75) is 26.2 Å². The van der Waals surface area contributed by atoms with E-state index in [9.17, 15) is 13.2 Å². The zero-order chi connectivity index (χ0) is 21.8. The lowest BCUT2D eigenvalue weighted by Gasteiger charge is -2.05. The van der Waals surface area contributed by atoms with Gasteiger partial charge in [-0.2, -0.15) is 0 Å². The number of rotatable bonds is 4. The summed E-state index contributed by atoms with van der Waals surface area (Å²) in [4.78, 5) is 4.39. The molecule has 0 bridgehead atoms. The highest BCUT2D eigenvalue weighted by Crippen LogP contribution is 2.19. The summed E-state index contributed by atoms with van der Waals surface area (Å²) < 4.78 is 42.4. The van der Waals surface area contributed by atoms with Gasteiger partial charge in [0, 0.05) is 17.5 Å². The van der Waals surface area contributed by atoms with Gasteiger partial charge in [0.2, 0.25) is 0 Å².